The molecule has 1 aromatic rings. The molecule has 0 atom stereocenters. The predicted molar refractivity (Wildman–Crippen MR) is 99.5 cm³/mol. The van der Waals surface area contributed by atoms with Crippen LogP contribution in [0.15, 0.2) is 24.3 Å². The number of benzene rings is 1. The Bertz CT molecular complexity index is 675. The lowest BCUT2D eigenvalue weighted by Crippen LogP contribution is -2.40. The van der Waals surface area contributed by atoms with E-state index < -0.39 is 10.0 Å². The van der Waals surface area contributed by atoms with Crippen LogP contribution in [0.2, 0.25) is 5.02 Å². The molecule has 140 valence electrons. The fraction of sp³-hybridized carbons (Fsp3) is 0.588. The van der Waals surface area contributed by atoms with Crippen LogP contribution in [0.5, 0.6) is 0 Å². The maximum atomic E-state index is 12.1. The van der Waals surface area contributed by atoms with Crippen LogP contribution in [-0.2, 0) is 19.6 Å². The zero-order chi connectivity index (χ0) is 18.3. The largest absolute Gasteiger partial charge is 0.378 e. The van der Waals surface area contributed by atoms with Crippen molar-refractivity contribution in [1.82, 2.24) is 5.32 Å². The van der Waals surface area contributed by atoms with E-state index in [0.717, 1.165) is 23.4 Å². The molecule has 0 radical (unpaired) electrons. The molecule has 1 aromatic carbocycles. The van der Waals surface area contributed by atoms with Crippen LogP contribution < -0.4 is 9.62 Å². The van der Waals surface area contributed by atoms with Gasteiger partial charge >= 0.3 is 0 Å². The number of amides is 1. The summed E-state index contributed by atoms with van der Waals surface area (Å²) in [6, 6.07) is 6.42. The van der Waals surface area contributed by atoms with Gasteiger partial charge in [-0.2, -0.15) is 0 Å². The van der Waals surface area contributed by atoms with Crippen LogP contribution in [0.4, 0.5) is 5.69 Å². The molecule has 0 spiro atoms. The van der Waals surface area contributed by atoms with Gasteiger partial charge in [-0.3, -0.25) is 9.10 Å². The van der Waals surface area contributed by atoms with E-state index in [2.05, 4.69) is 5.32 Å². The first-order valence-electron chi connectivity index (χ1n) is 8.48. The van der Waals surface area contributed by atoms with Gasteiger partial charge in [0.15, 0.2) is 0 Å². The van der Waals surface area contributed by atoms with Crippen LogP contribution in [0.1, 0.15) is 32.1 Å². The number of sulfonamides is 1. The van der Waals surface area contributed by atoms with Gasteiger partial charge in [0.05, 0.1) is 18.0 Å². The molecular weight excluding hydrogens is 364 g/mol. The number of anilines is 1. The van der Waals surface area contributed by atoms with Crippen molar-refractivity contribution < 1.29 is 17.9 Å². The van der Waals surface area contributed by atoms with Gasteiger partial charge in [0.25, 0.3) is 0 Å². The lowest BCUT2D eigenvalue weighted by Gasteiger charge is -2.22. The molecule has 1 aliphatic rings. The summed E-state index contributed by atoms with van der Waals surface area (Å²) in [5.74, 6) is -0.355. The van der Waals surface area contributed by atoms with Crippen LogP contribution in [0.3, 0.4) is 0 Å². The number of carbonyl (C=O) groups excluding carboxylic acids is 1. The molecule has 1 amide bonds. The number of hydrogen-bond donors (Lipinski definition) is 1. The minimum absolute atomic E-state index is 0.275. The highest BCUT2D eigenvalue weighted by atomic mass is 35.5. The van der Waals surface area contributed by atoms with Gasteiger partial charge in [-0.15, -0.1) is 0 Å². The monoisotopic (exact) mass is 388 g/mol. The molecule has 25 heavy (non-hydrogen) atoms. The normalized spacial score (nSPS) is 15.3. The van der Waals surface area contributed by atoms with Gasteiger partial charge in [0.1, 0.15) is 6.54 Å². The van der Waals surface area contributed by atoms with E-state index >= 15 is 0 Å². The molecule has 0 unspecified atom stereocenters. The molecule has 0 aliphatic heterocycles. The predicted octanol–water partition coefficient (Wildman–Crippen LogP) is 2.57. The zero-order valence-electron chi connectivity index (χ0n) is 14.4. The number of rotatable bonds is 9. The Morgan fingerprint density at radius 3 is 2.72 bits per heavy atom. The third-order valence-corrected chi connectivity index (χ3v) is 5.46. The maximum Gasteiger partial charge on any atom is 0.240 e. The Hall–Kier alpha value is -1.31. The maximum absolute atomic E-state index is 12.1. The quantitative estimate of drug-likeness (QED) is 0.659. The Kier molecular flexibility index (Phi) is 7.53. The van der Waals surface area contributed by atoms with E-state index in [1.54, 1.807) is 18.2 Å². The Labute approximate surface area is 154 Å². The molecule has 0 heterocycles. The average Bonchev–Trinajstić information content (AvgIpc) is 3.04. The minimum atomic E-state index is -3.59. The topological polar surface area (TPSA) is 75.7 Å². The highest BCUT2D eigenvalue weighted by molar-refractivity contribution is 7.92. The molecule has 2 rings (SSSR count). The number of hydrogen-bond acceptors (Lipinski definition) is 4. The number of nitrogens with zero attached hydrogens (tertiary/aromatic N) is 1. The molecule has 1 N–H and O–H groups in total. The van der Waals surface area contributed by atoms with Crippen LogP contribution in [0, 0.1) is 0 Å². The molecular formula is C17H25ClN2O4S. The van der Waals surface area contributed by atoms with Gasteiger partial charge in [0, 0.05) is 18.2 Å². The Morgan fingerprint density at radius 2 is 2.08 bits per heavy atom. The van der Waals surface area contributed by atoms with Crippen molar-refractivity contribution >= 4 is 33.2 Å². The number of halogens is 1. The highest BCUT2D eigenvalue weighted by Gasteiger charge is 2.21. The average molecular weight is 389 g/mol. The third kappa shape index (κ3) is 6.84. The summed E-state index contributed by atoms with van der Waals surface area (Å²) in [6.45, 7) is 0.788. The van der Waals surface area contributed by atoms with Crippen molar-refractivity contribution in [3.05, 3.63) is 29.3 Å². The molecule has 0 bridgehead atoms. The Morgan fingerprint density at radius 1 is 1.36 bits per heavy atom. The standard InChI is InChI=1S/C17H25ClN2O4S/c1-25(22,23)20(15-7-4-6-14(18)12-15)13-17(21)19-10-5-11-24-16-8-2-3-9-16/h4,6-7,12,16H,2-3,5,8-11,13H2,1H3,(H,19,21). The summed E-state index contributed by atoms with van der Waals surface area (Å²) in [4.78, 5) is 12.1. The minimum Gasteiger partial charge on any atom is -0.378 e. The van der Waals surface area contributed by atoms with Gasteiger partial charge < -0.3 is 10.1 Å². The van der Waals surface area contributed by atoms with Crippen molar-refractivity contribution in [3.63, 3.8) is 0 Å². The van der Waals surface area contributed by atoms with E-state index in [-0.39, 0.29) is 12.5 Å². The molecule has 0 aromatic heterocycles. The molecule has 8 heteroatoms. The number of carbonyl (C=O) groups is 1. The SMILES string of the molecule is CS(=O)(=O)N(CC(=O)NCCCOC1CCCC1)c1cccc(Cl)c1. The van der Waals surface area contributed by atoms with Gasteiger partial charge in [-0.1, -0.05) is 30.5 Å². The molecule has 0 saturated heterocycles. The lowest BCUT2D eigenvalue weighted by atomic mass is 10.3. The van der Waals surface area contributed by atoms with Gasteiger partial charge in [-0.25, -0.2) is 8.42 Å². The van der Waals surface area contributed by atoms with Crippen molar-refractivity contribution in [1.29, 1.82) is 0 Å². The van der Waals surface area contributed by atoms with Crippen molar-refractivity contribution in [2.24, 2.45) is 0 Å². The van der Waals surface area contributed by atoms with Crippen molar-refractivity contribution in [2.45, 2.75) is 38.2 Å². The summed E-state index contributed by atoms with van der Waals surface area (Å²) < 4.78 is 30.7. The summed E-state index contributed by atoms with van der Waals surface area (Å²) in [5, 5.41) is 3.15. The van der Waals surface area contributed by atoms with Crippen LogP contribution >= 0.6 is 11.6 Å². The molecule has 1 fully saturated rings. The first kappa shape index (κ1) is 20.0. The van der Waals surface area contributed by atoms with Crippen LogP contribution in [-0.4, -0.2) is 46.4 Å². The second-order valence-corrected chi connectivity index (χ2v) is 8.57. The smallest absolute Gasteiger partial charge is 0.240 e. The Balaban J connectivity index is 1.79. The van der Waals surface area contributed by atoms with Crippen LogP contribution in [0.25, 0.3) is 0 Å². The van der Waals surface area contributed by atoms with Crippen molar-refractivity contribution in [3.8, 4) is 0 Å². The van der Waals surface area contributed by atoms with E-state index in [1.807, 2.05) is 0 Å². The van der Waals surface area contributed by atoms with Crippen molar-refractivity contribution in [2.75, 3.05) is 30.3 Å². The lowest BCUT2D eigenvalue weighted by molar-refractivity contribution is -0.119. The molecule has 1 aliphatic carbocycles. The summed E-state index contributed by atoms with van der Waals surface area (Å²) >= 11 is 5.91. The highest BCUT2D eigenvalue weighted by Crippen LogP contribution is 2.22. The summed E-state index contributed by atoms with van der Waals surface area (Å²) in [5.41, 5.74) is 0.370. The molecule has 1 saturated carbocycles. The van der Waals surface area contributed by atoms with Gasteiger partial charge in [-0.05, 0) is 37.5 Å². The second-order valence-electron chi connectivity index (χ2n) is 6.23. The summed E-state index contributed by atoms with van der Waals surface area (Å²) in [7, 11) is -3.59. The van der Waals surface area contributed by atoms with Gasteiger partial charge in [0.2, 0.25) is 15.9 Å². The fourth-order valence-corrected chi connectivity index (χ4v) is 3.86. The third-order valence-electron chi connectivity index (χ3n) is 4.08. The van der Waals surface area contributed by atoms with E-state index in [4.69, 9.17) is 16.3 Å². The van der Waals surface area contributed by atoms with E-state index in [9.17, 15) is 13.2 Å². The first-order chi connectivity index (χ1) is 11.9. The summed E-state index contributed by atoms with van der Waals surface area (Å²) in [6.07, 6.45) is 6.83. The number of nitrogens with one attached hydrogen (secondary N) is 1. The number of ether oxygens (including phenoxy) is 1. The second kappa shape index (κ2) is 9.40. The van der Waals surface area contributed by atoms with E-state index in [1.165, 1.54) is 18.9 Å². The molecule has 6 nitrogen and oxygen atoms in total. The first-order valence-corrected chi connectivity index (χ1v) is 10.7. The fourth-order valence-electron chi connectivity index (χ4n) is 2.82. The zero-order valence-corrected chi connectivity index (χ0v) is 16.0. The van der Waals surface area contributed by atoms with E-state index in [0.29, 0.717) is 36.4 Å².